The number of imidazole rings is 1. The smallest absolute Gasteiger partial charge is 0.213 e. The van der Waals surface area contributed by atoms with Crippen molar-refractivity contribution in [2.45, 2.75) is 43.8 Å². The first-order valence-electron chi connectivity index (χ1n) is 12.2. The largest absolute Gasteiger partial charge is 0.495 e. The Morgan fingerprint density at radius 1 is 1.38 bits per heavy atom. The summed E-state index contributed by atoms with van der Waals surface area (Å²) >= 11 is 8.00. The Morgan fingerprint density at radius 3 is 2.76 bits per heavy atom. The molecule has 10 heteroatoms. The SMILES string of the molecule is C=C/C=C(F)\C=C/Cn1c(C(C)(C)c2ccc(Cl)c(OC)c2)cnc1SCC1CCN(/C(N)=N/N)CC1. The highest BCUT2D eigenvalue weighted by molar-refractivity contribution is 7.99. The van der Waals surface area contributed by atoms with Gasteiger partial charge in [0.2, 0.25) is 5.96 Å². The minimum Gasteiger partial charge on any atom is -0.495 e. The Labute approximate surface area is 228 Å². The molecular formula is C27H36ClFN6OS. The van der Waals surface area contributed by atoms with Gasteiger partial charge in [-0.2, -0.15) is 0 Å². The number of likely N-dealkylation sites (tertiary alicyclic amines) is 1. The van der Waals surface area contributed by atoms with E-state index in [4.69, 9.17) is 32.9 Å². The van der Waals surface area contributed by atoms with E-state index in [0.29, 0.717) is 29.2 Å². The lowest BCUT2D eigenvalue weighted by molar-refractivity contribution is 0.280. The first kappa shape index (κ1) is 28.7. The number of hydrogen-bond acceptors (Lipinski definition) is 5. The number of benzene rings is 1. The van der Waals surface area contributed by atoms with Crippen LogP contribution in [-0.4, -0.2) is 46.4 Å². The third kappa shape index (κ3) is 7.11. The quantitative estimate of drug-likeness (QED) is 0.103. The third-order valence-electron chi connectivity index (χ3n) is 6.69. The van der Waals surface area contributed by atoms with Crippen LogP contribution in [0.1, 0.15) is 37.9 Å². The number of guanidine groups is 1. The lowest BCUT2D eigenvalue weighted by Crippen LogP contribution is -2.43. The first-order chi connectivity index (χ1) is 17.7. The van der Waals surface area contributed by atoms with E-state index in [1.165, 1.54) is 18.2 Å². The zero-order valence-corrected chi connectivity index (χ0v) is 23.2. The van der Waals surface area contributed by atoms with Crippen molar-refractivity contribution in [2.75, 3.05) is 26.0 Å². The van der Waals surface area contributed by atoms with E-state index < -0.39 is 5.41 Å². The molecule has 200 valence electrons. The second-order valence-electron chi connectivity index (χ2n) is 9.43. The summed E-state index contributed by atoms with van der Waals surface area (Å²) in [4.78, 5) is 6.80. The molecule has 1 aliphatic rings. The standard InChI is InChI=1S/C27H36ClFN6OS/c1-5-7-21(29)8-6-13-35-24(27(2,3)20-9-10-22(28)23(16-20)36-4)17-32-26(35)37-18-19-11-14-34(15-12-19)25(30)33-31/h5-10,16-17,19H,1,11-15,18,31H2,2-4H3,(H2,30,33)/b8-6-,21-7+. The molecule has 7 nitrogen and oxygen atoms in total. The highest BCUT2D eigenvalue weighted by atomic mass is 35.5. The number of nitrogens with two attached hydrogens (primary N) is 2. The van der Waals surface area contributed by atoms with Crippen LogP contribution in [0.3, 0.4) is 0 Å². The van der Waals surface area contributed by atoms with Gasteiger partial charge in [-0.05, 0) is 48.6 Å². The number of nitrogens with zero attached hydrogens (tertiary/aromatic N) is 4. The molecule has 0 atom stereocenters. The fraction of sp³-hybridized carbons (Fsp3) is 0.407. The minimum absolute atomic E-state index is 0.348. The van der Waals surface area contributed by atoms with Crippen LogP contribution in [-0.2, 0) is 12.0 Å². The van der Waals surface area contributed by atoms with Crippen LogP contribution in [0.2, 0.25) is 5.02 Å². The van der Waals surface area contributed by atoms with Crippen molar-refractivity contribution in [2.24, 2.45) is 22.6 Å². The molecule has 0 bridgehead atoms. The third-order valence-corrected chi connectivity index (χ3v) is 8.23. The van der Waals surface area contributed by atoms with E-state index in [-0.39, 0.29) is 5.83 Å². The molecule has 1 fully saturated rings. The van der Waals surface area contributed by atoms with Gasteiger partial charge in [-0.3, -0.25) is 0 Å². The van der Waals surface area contributed by atoms with Crippen LogP contribution in [0.5, 0.6) is 5.75 Å². The van der Waals surface area contributed by atoms with Crippen molar-refractivity contribution in [1.82, 2.24) is 14.5 Å². The zero-order chi connectivity index (χ0) is 27.0. The number of methoxy groups -OCH3 is 1. The Kier molecular flexibility index (Phi) is 10.1. The summed E-state index contributed by atoms with van der Waals surface area (Å²) in [7, 11) is 1.61. The lowest BCUT2D eigenvalue weighted by Gasteiger charge is -2.32. The van der Waals surface area contributed by atoms with E-state index in [0.717, 1.165) is 48.1 Å². The second kappa shape index (κ2) is 13.1. The van der Waals surface area contributed by atoms with Crippen LogP contribution >= 0.6 is 23.4 Å². The maximum Gasteiger partial charge on any atom is 0.213 e. The van der Waals surface area contributed by atoms with Crippen molar-refractivity contribution in [3.05, 3.63) is 77.4 Å². The summed E-state index contributed by atoms with van der Waals surface area (Å²) in [5, 5.41) is 5.06. The van der Waals surface area contributed by atoms with E-state index in [1.54, 1.807) is 24.9 Å². The summed E-state index contributed by atoms with van der Waals surface area (Å²) in [5.41, 5.74) is 7.51. The van der Waals surface area contributed by atoms with Gasteiger partial charge in [-0.15, -0.1) is 5.10 Å². The molecule has 2 aromatic rings. The van der Waals surface area contributed by atoms with Gasteiger partial charge in [-0.1, -0.05) is 62.0 Å². The number of hydrogen-bond donors (Lipinski definition) is 2. The number of hydrazone groups is 1. The molecule has 0 amide bonds. The van der Waals surface area contributed by atoms with Crippen molar-refractivity contribution < 1.29 is 9.13 Å². The highest BCUT2D eigenvalue weighted by Gasteiger charge is 2.30. The molecule has 0 spiro atoms. The molecule has 0 aliphatic carbocycles. The van der Waals surface area contributed by atoms with E-state index >= 15 is 0 Å². The second-order valence-corrected chi connectivity index (χ2v) is 10.8. The van der Waals surface area contributed by atoms with E-state index in [9.17, 15) is 4.39 Å². The fourth-order valence-electron chi connectivity index (χ4n) is 4.39. The number of allylic oxidation sites excluding steroid dienone is 5. The van der Waals surface area contributed by atoms with Crippen LogP contribution in [0.4, 0.5) is 4.39 Å². The van der Waals surface area contributed by atoms with Gasteiger partial charge in [0, 0.05) is 36.5 Å². The molecule has 1 aromatic heterocycles. The van der Waals surface area contributed by atoms with Crippen LogP contribution < -0.4 is 16.3 Å². The molecule has 37 heavy (non-hydrogen) atoms. The molecule has 4 N–H and O–H groups in total. The number of thioether (sulfide) groups is 1. The van der Waals surface area contributed by atoms with Gasteiger partial charge >= 0.3 is 0 Å². The van der Waals surface area contributed by atoms with Gasteiger partial charge in [-0.25, -0.2) is 9.37 Å². The predicted octanol–water partition coefficient (Wildman–Crippen LogP) is 5.46. The van der Waals surface area contributed by atoms with E-state index in [2.05, 4.69) is 30.1 Å². The molecule has 2 heterocycles. The normalized spacial score (nSPS) is 16.0. The van der Waals surface area contributed by atoms with Crippen molar-refractivity contribution in [1.29, 1.82) is 0 Å². The highest BCUT2D eigenvalue weighted by Crippen LogP contribution is 2.38. The molecule has 1 saturated heterocycles. The Hall–Kier alpha value is -2.91. The van der Waals surface area contributed by atoms with Crippen LogP contribution in [0.25, 0.3) is 0 Å². The first-order valence-corrected chi connectivity index (χ1v) is 13.5. The van der Waals surface area contributed by atoms with Gasteiger partial charge in [0.25, 0.3) is 0 Å². The zero-order valence-electron chi connectivity index (χ0n) is 21.7. The average molecular weight is 547 g/mol. The van der Waals surface area contributed by atoms with Gasteiger partial charge in [0.15, 0.2) is 5.16 Å². The minimum atomic E-state index is -0.405. The maximum absolute atomic E-state index is 14.0. The van der Waals surface area contributed by atoms with Crippen LogP contribution in [0, 0.1) is 5.92 Å². The molecule has 0 unspecified atom stereocenters. The van der Waals surface area contributed by atoms with Crippen molar-refractivity contribution >= 4 is 29.3 Å². The fourth-order valence-corrected chi connectivity index (χ4v) is 5.76. The Balaban J connectivity index is 1.85. The monoisotopic (exact) mass is 546 g/mol. The average Bonchev–Trinajstić information content (AvgIpc) is 3.31. The van der Waals surface area contributed by atoms with Gasteiger partial charge in [0.05, 0.1) is 18.3 Å². The molecule has 1 aromatic carbocycles. The predicted molar refractivity (Wildman–Crippen MR) is 152 cm³/mol. The van der Waals surface area contributed by atoms with Crippen molar-refractivity contribution in [3.63, 3.8) is 0 Å². The molecule has 0 radical (unpaired) electrons. The number of halogens is 2. The topological polar surface area (TPSA) is 94.7 Å². The van der Waals surface area contributed by atoms with Crippen LogP contribution in [0.15, 0.2) is 71.4 Å². The van der Waals surface area contributed by atoms with Gasteiger partial charge in [0.1, 0.15) is 11.6 Å². The lowest BCUT2D eigenvalue weighted by atomic mass is 9.81. The van der Waals surface area contributed by atoms with Crippen molar-refractivity contribution in [3.8, 4) is 5.75 Å². The molecule has 1 aliphatic heterocycles. The summed E-state index contributed by atoms with van der Waals surface area (Å²) in [5.74, 6) is 7.43. The maximum atomic E-state index is 14.0. The number of rotatable bonds is 10. The summed E-state index contributed by atoms with van der Waals surface area (Å²) < 4.78 is 21.6. The number of ether oxygens (including phenoxy) is 1. The number of aromatic nitrogens is 2. The number of piperidine rings is 1. The summed E-state index contributed by atoms with van der Waals surface area (Å²) in [6, 6.07) is 5.80. The molecule has 0 saturated carbocycles. The Morgan fingerprint density at radius 2 is 2.11 bits per heavy atom. The van der Waals surface area contributed by atoms with Gasteiger partial charge < -0.3 is 25.8 Å². The van der Waals surface area contributed by atoms with E-state index in [1.807, 2.05) is 29.3 Å². The molecular weight excluding hydrogens is 511 g/mol. The molecule has 3 rings (SSSR count). The summed E-state index contributed by atoms with van der Waals surface area (Å²) in [6.45, 7) is 9.97. The summed E-state index contributed by atoms with van der Waals surface area (Å²) in [6.07, 6.45) is 9.94. The Bertz CT molecular complexity index is 1170.